The Bertz CT molecular complexity index is 849. The standard InChI is InChI=1S/C16H14F2N6O/c17-12(18)14-24-23-13(25-14)10-7-20-15(21-8-10)22-16(4-2-5-16)11-3-1-6-19-9-11/h1,3,6-9,12H,2,4-5H2,(H,20,21,22). The van der Waals surface area contributed by atoms with E-state index in [2.05, 4.69) is 30.5 Å². The first-order valence-electron chi connectivity index (χ1n) is 7.79. The summed E-state index contributed by atoms with van der Waals surface area (Å²) < 4.78 is 29.9. The van der Waals surface area contributed by atoms with E-state index in [0.717, 1.165) is 24.8 Å². The first-order valence-corrected chi connectivity index (χ1v) is 7.79. The fourth-order valence-electron chi connectivity index (χ4n) is 2.82. The molecule has 0 spiro atoms. The maximum absolute atomic E-state index is 12.5. The van der Waals surface area contributed by atoms with Crippen molar-refractivity contribution in [1.29, 1.82) is 0 Å². The van der Waals surface area contributed by atoms with Gasteiger partial charge in [-0.05, 0) is 30.9 Å². The summed E-state index contributed by atoms with van der Waals surface area (Å²) in [6.45, 7) is 0. The summed E-state index contributed by atoms with van der Waals surface area (Å²) in [4.78, 5) is 12.7. The molecular formula is C16H14F2N6O. The Morgan fingerprint density at radius 2 is 1.92 bits per heavy atom. The molecule has 3 heterocycles. The monoisotopic (exact) mass is 344 g/mol. The highest BCUT2D eigenvalue weighted by Gasteiger charge is 2.39. The molecule has 7 nitrogen and oxygen atoms in total. The minimum atomic E-state index is -2.80. The van der Waals surface area contributed by atoms with E-state index in [-0.39, 0.29) is 11.4 Å². The maximum Gasteiger partial charge on any atom is 0.314 e. The molecule has 4 rings (SSSR count). The van der Waals surface area contributed by atoms with Crippen LogP contribution < -0.4 is 5.32 Å². The molecule has 0 bridgehead atoms. The van der Waals surface area contributed by atoms with Crippen molar-refractivity contribution >= 4 is 5.95 Å². The van der Waals surface area contributed by atoms with Crippen LogP contribution in [-0.4, -0.2) is 25.1 Å². The van der Waals surface area contributed by atoms with Crippen molar-refractivity contribution in [1.82, 2.24) is 25.1 Å². The second-order valence-corrected chi connectivity index (χ2v) is 5.84. The van der Waals surface area contributed by atoms with Crippen molar-refractivity contribution in [3.63, 3.8) is 0 Å². The molecule has 0 atom stereocenters. The first-order chi connectivity index (χ1) is 12.2. The van der Waals surface area contributed by atoms with Crippen LogP contribution in [0.25, 0.3) is 11.5 Å². The number of nitrogens with zero attached hydrogens (tertiary/aromatic N) is 5. The van der Waals surface area contributed by atoms with E-state index in [1.165, 1.54) is 12.4 Å². The van der Waals surface area contributed by atoms with Gasteiger partial charge in [0.25, 0.3) is 11.8 Å². The predicted molar refractivity (Wildman–Crippen MR) is 83.7 cm³/mol. The molecule has 1 aliphatic carbocycles. The number of anilines is 1. The van der Waals surface area contributed by atoms with E-state index >= 15 is 0 Å². The van der Waals surface area contributed by atoms with Crippen molar-refractivity contribution in [2.45, 2.75) is 31.2 Å². The smallest absolute Gasteiger partial charge is 0.314 e. The molecule has 0 aromatic carbocycles. The zero-order valence-corrected chi connectivity index (χ0v) is 13.1. The maximum atomic E-state index is 12.5. The second kappa shape index (κ2) is 6.15. The predicted octanol–water partition coefficient (Wildman–Crippen LogP) is 3.35. The Hall–Kier alpha value is -2.97. The van der Waals surface area contributed by atoms with Crippen LogP contribution in [0.1, 0.15) is 37.1 Å². The van der Waals surface area contributed by atoms with E-state index < -0.39 is 12.3 Å². The van der Waals surface area contributed by atoms with Crippen LogP contribution in [0.3, 0.4) is 0 Å². The molecular weight excluding hydrogens is 330 g/mol. The molecule has 128 valence electrons. The minimum Gasteiger partial charge on any atom is -0.415 e. The molecule has 1 saturated carbocycles. The molecule has 0 unspecified atom stereocenters. The van der Waals surface area contributed by atoms with Crippen LogP contribution in [0.2, 0.25) is 0 Å². The summed E-state index contributed by atoms with van der Waals surface area (Å²) in [5.41, 5.74) is 1.25. The number of alkyl halides is 2. The number of pyridine rings is 1. The number of nitrogens with one attached hydrogen (secondary N) is 1. The third-order valence-electron chi connectivity index (χ3n) is 4.30. The Morgan fingerprint density at radius 1 is 1.12 bits per heavy atom. The zero-order chi connectivity index (χ0) is 17.3. The summed E-state index contributed by atoms with van der Waals surface area (Å²) in [5.74, 6) is -0.310. The Balaban J connectivity index is 1.54. The first kappa shape index (κ1) is 15.6. The van der Waals surface area contributed by atoms with E-state index in [0.29, 0.717) is 11.5 Å². The Labute approximate surface area is 141 Å². The van der Waals surface area contributed by atoms with Crippen molar-refractivity contribution in [3.05, 3.63) is 48.4 Å². The molecule has 0 amide bonds. The average molecular weight is 344 g/mol. The molecule has 25 heavy (non-hydrogen) atoms. The third kappa shape index (κ3) is 2.92. The summed E-state index contributed by atoms with van der Waals surface area (Å²) in [5, 5.41) is 10.2. The highest BCUT2D eigenvalue weighted by atomic mass is 19.3. The number of hydrogen-bond donors (Lipinski definition) is 1. The second-order valence-electron chi connectivity index (χ2n) is 5.84. The molecule has 1 fully saturated rings. The molecule has 1 aliphatic rings. The van der Waals surface area contributed by atoms with Gasteiger partial charge in [0, 0.05) is 24.8 Å². The van der Waals surface area contributed by atoms with Crippen molar-refractivity contribution in [3.8, 4) is 11.5 Å². The van der Waals surface area contributed by atoms with Crippen LogP contribution in [0, 0.1) is 0 Å². The van der Waals surface area contributed by atoms with Gasteiger partial charge >= 0.3 is 6.43 Å². The third-order valence-corrected chi connectivity index (χ3v) is 4.30. The fraction of sp³-hybridized carbons (Fsp3) is 0.312. The quantitative estimate of drug-likeness (QED) is 0.759. The van der Waals surface area contributed by atoms with E-state index in [1.54, 1.807) is 6.20 Å². The minimum absolute atomic E-state index is 0.0348. The number of aromatic nitrogens is 5. The summed E-state index contributed by atoms with van der Waals surface area (Å²) >= 11 is 0. The molecule has 1 N–H and O–H groups in total. The van der Waals surface area contributed by atoms with Gasteiger partial charge in [0.15, 0.2) is 0 Å². The van der Waals surface area contributed by atoms with Crippen LogP contribution in [0.15, 0.2) is 41.3 Å². The van der Waals surface area contributed by atoms with Crippen LogP contribution in [0.4, 0.5) is 14.7 Å². The number of hydrogen-bond acceptors (Lipinski definition) is 7. The lowest BCUT2D eigenvalue weighted by atomic mass is 9.72. The lowest BCUT2D eigenvalue weighted by molar-refractivity contribution is 0.116. The fourth-order valence-corrected chi connectivity index (χ4v) is 2.82. The molecule has 0 saturated heterocycles. The topological polar surface area (TPSA) is 89.6 Å². The molecule has 3 aromatic rings. The van der Waals surface area contributed by atoms with Gasteiger partial charge in [0.1, 0.15) is 0 Å². The van der Waals surface area contributed by atoms with Gasteiger partial charge in [-0.2, -0.15) is 8.78 Å². The lowest BCUT2D eigenvalue weighted by Crippen LogP contribution is -2.42. The van der Waals surface area contributed by atoms with Crippen molar-refractivity contribution in [2.75, 3.05) is 5.32 Å². The largest absolute Gasteiger partial charge is 0.415 e. The summed E-state index contributed by atoms with van der Waals surface area (Å²) in [7, 11) is 0. The van der Waals surface area contributed by atoms with Crippen molar-refractivity contribution in [2.24, 2.45) is 0 Å². The van der Waals surface area contributed by atoms with Gasteiger partial charge in [-0.3, -0.25) is 4.98 Å². The van der Waals surface area contributed by atoms with Crippen LogP contribution in [0.5, 0.6) is 0 Å². The van der Waals surface area contributed by atoms with Gasteiger partial charge in [-0.15, -0.1) is 10.2 Å². The number of halogens is 2. The van der Waals surface area contributed by atoms with Gasteiger partial charge < -0.3 is 9.73 Å². The highest BCUT2D eigenvalue weighted by Crippen LogP contribution is 2.43. The normalized spacial score (nSPS) is 15.8. The Morgan fingerprint density at radius 3 is 2.48 bits per heavy atom. The zero-order valence-electron chi connectivity index (χ0n) is 13.1. The highest BCUT2D eigenvalue weighted by molar-refractivity contribution is 5.51. The SMILES string of the molecule is FC(F)c1nnc(-c2cnc(NC3(c4cccnc4)CCC3)nc2)o1. The molecule has 0 radical (unpaired) electrons. The summed E-state index contributed by atoms with van der Waals surface area (Å²) in [6, 6.07) is 3.93. The van der Waals surface area contributed by atoms with E-state index in [9.17, 15) is 8.78 Å². The average Bonchev–Trinajstić information content (AvgIpc) is 3.10. The van der Waals surface area contributed by atoms with Crippen molar-refractivity contribution < 1.29 is 13.2 Å². The van der Waals surface area contributed by atoms with E-state index in [4.69, 9.17) is 4.42 Å². The number of rotatable bonds is 5. The van der Waals surface area contributed by atoms with Gasteiger partial charge in [0.05, 0.1) is 11.1 Å². The molecule has 3 aromatic heterocycles. The molecule has 9 heteroatoms. The molecule has 0 aliphatic heterocycles. The Kier molecular flexibility index (Phi) is 3.83. The van der Waals surface area contributed by atoms with Gasteiger partial charge in [0.2, 0.25) is 5.95 Å². The lowest BCUT2D eigenvalue weighted by Gasteiger charge is -2.42. The summed E-state index contributed by atoms with van der Waals surface area (Å²) in [6.07, 6.45) is 6.74. The van der Waals surface area contributed by atoms with Crippen LogP contribution >= 0.6 is 0 Å². The van der Waals surface area contributed by atoms with E-state index in [1.807, 2.05) is 18.3 Å². The van der Waals surface area contributed by atoms with Gasteiger partial charge in [-0.25, -0.2) is 9.97 Å². The van der Waals surface area contributed by atoms with Crippen LogP contribution in [-0.2, 0) is 5.54 Å². The van der Waals surface area contributed by atoms with Gasteiger partial charge in [-0.1, -0.05) is 6.07 Å².